The van der Waals surface area contributed by atoms with Crippen LogP contribution in [0.2, 0.25) is 0 Å². The van der Waals surface area contributed by atoms with Gasteiger partial charge in [0.05, 0.1) is 25.5 Å². The number of rotatable bonds is 7. The summed E-state index contributed by atoms with van der Waals surface area (Å²) in [5.74, 6) is -0.354. The van der Waals surface area contributed by atoms with Crippen molar-refractivity contribution in [3.05, 3.63) is 0 Å². The fourth-order valence-electron chi connectivity index (χ4n) is 1.23. The Kier molecular flexibility index (Phi) is 7.86. The molecule has 0 heterocycles. The number of esters is 1. The molecule has 0 aromatic rings. The van der Waals surface area contributed by atoms with Crippen molar-refractivity contribution in [1.82, 2.24) is 4.90 Å². The molecular weight excluding hydrogens is 208 g/mol. The van der Waals surface area contributed by atoms with Crippen molar-refractivity contribution in [2.75, 3.05) is 19.7 Å². The normalized spacial score (nSPS) is 9.31. The quantitative estimate of drug-likeness (QED) is 0.609. The highest BCUT2D eigenvalue weighted by molar-refractivity contribution is 5.77. The van der Waals surface area contributed by atoms with Gasteiger partial charge in [-0.15, -0.1) is 0 Å². The van der Waals surface area contributed by atoms with Gasteiger partial charge in [0.15, 0.2) is 0 Å². The molecule has 0 unspecified atom stereocenters. The second kappa shape index (κ2) is 8.72. The SMILES string of the molecule is CCOC(=O)CCN(CCC#N)C(=O)CC. The van der Waals surface area contributed by atoms with E-state index < -0.39 is 0 Å². The standard InChI is InChI=1S/C11H18N2O3/c1-3-10(14)13(8-5-7-12)9-6-11(15)16-4-2/h3-6,8-9H2,1-2H3. The van der Waals surface area contributed by atoms with E-state index >= 15 is 0 Å². The van der Waals surface area contributed by atoms with E-state index in [1.165, 1.54) is 4.90 Å². The summed E-state index contributed by atoms with van der Waals surface area (Å²) in [5, 5.41) is 8.45. The van der Waals surface area contributed by atoms with Crippen LogP contribution < -0.4 is 0 Å². The van der Waals surface area contributed by atoms with Gasteiger partial charge in [-0.1, -0.05) is 6.92 Å². The summed E-state index contributed by atoms with van der Waals surface area (Å²) in [6.07, 6.45) is 0.855. The van der Waals surface area contributed by atoms with Gasteiger partial charge in [-0.3, -0.25) is 9.59 Å². The summed E-state index contributed by atoms with van der Waals surface area (Å²) in [6.45, 7) is 4.54. The first-order valence-corrected chi connectivity index (χ1v) is 5.46. The molecule has 0 atom stereocenters. The van der Waals surface area contributed by atoms with Crippen LogP contribution in [0, 0.1) is 11.3 Å². The molecule has 0 aromatic carbocycles. The minimum Gasteiger partial charge on any atom is -0.466 e. The summed E-state index contributed by atoms with van der Waals surface area (Å²) in [7, 11) is 0. The zero-order valence-electron chi connectivity index (χ0n) is 9.86. The number of amides is 1. The van der Waals surface area contributed by atoms with E-state index in [0.717, 1.165) is 0 Å². The maximum atomic E-state index is 11.5. The maximum absolute atomic E-state index is 11.5. The Labute approximate surface area is 96.0 Å². The van der Waals surface area contributed by atoms with Crippen molar-refractivity contribution >= 4 is 11.9 Å². The lowest BCUT2D eigenvalue weighted by molar-refractivity contribution is -0.144. The van der Waals surface area contributed by atoms with E-state index in [2.05, 4.69) is 0 Å². The van der Waals surface area contributed by atoms with Gasteiger partial charge in [0, 0.05) is 19.5 Å². The van der Waals surface area contributed by atoms with Crippen LogP contribution in [0.25, 0.3) is 0 Å². The molecule has 0 fully saturated rings. The summed E-state index contributed by atoms with van der Waals surface area (Å²) >= 11 is 0. The molecule has 0 N–H and O–H groups in total. The topological polar surface area (TPSA) is 70.4 Å². The minimum absolute atomic E-state index is 0.0421. The predicted octanol–water partition coefficient (Wildman–Crippen LogP) is 1.09. The average Bonchev–Trinajstić information content (AvgIpc) is 2.28. The predicted molar refractivity (Wildman–Crippen MR) is 58.4 cm³/mol. The number of carbonyl (C=O) groups is 2. The summed E-state index contributed by atoms with van der Waals surface area (Å²) in [6, 6.07) is 1.98. The monoisotopic (exact) mass is 226 g/mol. The van der Waals surface area contributed by atoms with Crippen LogP contribution in [0.1, 0.15) is 33.1 Å². The molecule has 0 rings (SSSR count). The Bertz CT molecular complexity index is 271. The highest BCUT2D eigenvalue weighted by atomic mass is 16.5. The molecule has 0 saturated heterocycles. The molecule has 0 aliphatic carbocycles. The Hall–Kier alpha value is -1.57. The zero-order chi connectivity index (χ0) is 12.4. The molecule has 0 saturated carbocycles. The lowest BCUT2D eigenvalue weighted by atomic mass is 10.3. The maximum Gasteiger partial charge on any atom is 0.307 e. The van der Waals surface area contributed by atoms with E-state index in [4.69, 9.17) is 10.00 Å². The Morgan fingerprint density at radius 2 is 2.00 bits per heavy atom. The van der Waals surface area contributed by atoms with Crippen molar-refractivity contribution in [2.45, 2.75) is 33.1 Å². The Balaban J connectivity index is 4.06. The van der Waals surface area contributed by atoms with Crippen molar-refractivity contribution in [2.24, 2.45) is 0 Å². The zero-order valence-corrected chi connectivity index (χ0v) is 9.86. The molecule has 5 heteroatoms. The third-order valence-corrected chi connectivity index (χ3v) is 2.04. The van der Waals surface area contributed by atoms with Crippen LogP contribution in [0.15, 0.2) is 0 Å². The van der Waals surface area contributed by atoms with Crippen molar-refractivity contribution in [3.63, 3.8) is 0 Å². The summed E-state index contributed by atoms with van der Waals surface area (Å²) in [5.41, 5.74) is 0. The van der Waals surface area contributed by atoms with E-state index in [-0.39, 0.29) is 24.7 Å². The molecule has 16 heavy (non-hydrogen) atoms. The average molecular weight is 226 g/mol. The van der Waals surface area contributed by atoms with Gasteiger partial charge < -0.3 is 9.64 Å². The van der Waals surface area contributed by atoms with Crippen LogP contribution in [0.4, 0.5) is 0 Å². The number of carbonyl (C=O) groups excluding carboxylic acids is 2. The molecular formula is C11H18N2O3. The van der Waals surface area contributed by atoms with E-state index in [9.17, 15) is 9.59 Å². The third kappa shape index (κ3) is 6.02. The molecule has 5 nitrogen and oxygen atoms in total. The van der Waals surface area contributed by atoms with Gasteiger partial charge >= 0.3 is 5.97 Å². The smallest absolute Gasteiger partial charge is 0.307 e. The fourth-order valence-corrected chi connectivity index (χ4v) is 1.23. The van der Waals surface area contributed by atoms with E-state index in [1.807, 2.05) is 6.07 Å². The minimum atomic E-state index is -0.312. The molecule has 0 aromatic heterocycles. The first kappa shape index (κ1) is 14.4. The lowest BCUT2D eigenvalue weighted by Crippen LogP contribution is -2.33. The van der Waals surface area contributed by atoms with E-state index in [1.54, 1.807) is 13.8 Å². The van der Waals surface area contributed by atoms with Gasteiger partial charge in [-0.25, -0.2) is 0 Å². The van der Waals surface area contributed by atoms with Crippen molar-refractivity contribution in [1.29, 1.82) is 5.26 Å². The number of hydrogen-bond donors (Lipinski definition) is 0. The van der Waals surface area contributed by atoms with Crippen LogP contribution in [-0.4, -0.2) is 36.5 Å². The number of ether oxygens (including phenoxy) is 1. The van der Waals surface area contributed by atoms with Crippen molar-refractivity contribution in [3.8, 4) is 6.07 Å². The van der Waals surface area contributed by atoms with Crippen molar-refractivity contribution < 1.29 is 14.3 Å². The molecule has 0 radical (unpaired) electrons. The molecule has 1 amide bonds. The number of hydrogen-bond acceptors (Lipinski definition) is 4. The van der Waals surface area contributed by atoms with E-state index in [0.29, 0.717) is 26.1 Å². The number of nitrogens with zero attached hydrogens (tertiary/aromatic N) is 2. The van der Waals surface area contributed by atoms with Crippen LogP contribution in [0.3, 0.4) is 0 Å². The molecule has 0 aliphatic heterocycles. The van der Waals surface area contributed by atoms with Gasteiger partial charge in [-0.05, 0) is 6.92 Å². The third-order valence-electron chi connectivity index (χ3n) is 2.04. The highest BCUT2D eigenvalue weighted by Crippen LogP contribution is 1.99. The molecule has 0 bridgehead atoms. The van der Waals surface area contributed by atoms with Gasteiger partial charge in [-0.2, -0.15) is 5.26 Å². The van der Waals surface area contributed by atoms with Gasteiger partial charge in [0.2, 0.25) is 5.91 Å². The summed E-state index contributed by atoms with van der Waals surface area (Å²) < 4.78 is 4.77. The second-order valence-electron chi connectivity index (χ2n) is 3.20. The lowest BCUT2D eigenvalue weighted by Gasteiger charge is -2.20. The second-order valence-corrected chi connectivity index (χ2v) is 3.20. The Morgan fingerprint density at radius 1 is 1.31 bits per heavy atom. The summed E-state index contributed by atoms with van der Waals surface area (Å²) in [4.78, 5) is 24.1. The molecule has 0 aliphatic rings. The largest absolute Gasteiger partial charge is 0.466 e. The number of nitriles is 1. The first-order valence-electron chi connectivity index (χ1n) is 5.46. The van der Waals surface area contributed by atoms with Crippen LogP contribution in [0.5, 0.6) is 0 Å². The first-order chi connectivity index (χ1) is 7.65. The van der Waals surface area contributed by atoms with Crippen LogP contribution >= 0.6 is 0 Å². The fraction of sp³-hybridized carbons (Fsp3) is 0.727. The molecule has 90 valence electrons. The molecule has 0 spiro atoms. The van der Waals surface area contributed by atoms with Gasteiger partial charge in [0.25, 0.3) is 0 Å². The van der Waals surface area contributed by atoms with Gasteiger partial charge in [0.1, 0.15) is 0 Å². The van der Waals surface area contributed by atoms with Crippen LogP contribution in [-0.2, 0) is 14.3 Å². The highest BCUT2D eigenvalue weighted by Gasteiger charge is 2.13. The Morgan fingerprint density at radius 3 is 2.50 bits per heavy atom.